The molecular weight excluding hydrogens is 252 g/mol. The summed E-state index contributed by atoms with van der Waals surface area (Å²) in [6, 6.07) is 5.79. The Kier molecular flexibility index (Phi) is 4.11. The molecule has 0 aromatic carbocycles. The minimum absolute atomic E-state index is 0.0593. The van der Waals surface area contributed by atoms with Crippen LogP contribution in [0.3, 0.4) is 0 Å². The molecule has 0 aliphatic carbocycles. The Morgan fingerprint density at radius 2 is 2.50 bits per heavy atom. The van der Waals surface area contributed by atoms with E-state index in [0.29, 0.717) is 12.3 Å². The number of hydrogen-bond acceptors (Lipinski definition) is 5. The molecule has 96 valence electrons. The number of nitrogens with one attached hydrogen (secondary N) is 1. The molecule has 0 amide bonds. The van der Waals surface area contributed by atoms with Gasteiger partial charge in [0.05, 0.1) is 6.54 Å². The van der Waals surface area contributed by atoms with Crippen molar-refractivity contribution in [3.63, 3.8) is 0 Å². The summed E-state index contributed by atoms with van der Waals surface area (Å²) in [5.41, 5.74) is -0.0593. The van der Waals surface area contributed by atoms with Crippen LogP contribution in [0.1, 0.15) is 40.5 Å². The molecule has 0 bridgehead atoms. The first-order chi connectivity index (χ1) is 8.70. The fraction of sp³-hybridized carbons (Fsp3) is 0.333. The SMILES string of the molecule is CCC(NCc1cc(C(=O)O)no1)c1cccs1. The van der Waals surface area contributed by atoms with Gasteiger partial charge in [0.15, 0.2) is 11.5 Å². The predicted octanol–water partition coefficient (Wildman–Crippen LogP) is 2.68. The maximum absolute atomic E-state index is 10.7. The van der Waals surface area contributed by atoms with Crippen LogP contribution < -0.4 is 5.32 Å². The molecule has 2 N–H and O–H groups in total. The first kappa shape index (κ1) is 12.8. The van der Waals surface area contributed by atoms with Crippen LogP contribution in [0.15, 0.2) is 28.1 Å². The largest absolute Gasteiger partial charge is 0.476 e. The van der Waals surface area contributed by atoms with E-state index < -0.39 is 5.97 Å². The van der Waals surface area contributed by atoms with Gasteiger partial charge in [-0.2, -0.15) is 0 Å². The van der Waals surface area contributed by atoms with Crippen LogP contribution in [-0.2, 0) is 6.54 Å². The molecule has 2 aromatic rings. The Bertz CT molecular complexity index is 507. The maximum atomic E-state index is 10.7. The number of hydrogen-bond donors (Lipinski definition) is 2. The van der Waals surface area contributed by atoms with Crippen LogP contribution in [0.25, 0.3) is 0 Å². The Morgan fingerprint density at radius 3 is 3.06 bits per heavy atom. The summed E-state index contributed by atoms with van der Waals surface area (Å²) < 4.78 is 4.95. The zero-order chi connectivity index (χ0) is 13.0. The van der Waals surface area contributed by atoms with Gasteiger partial charge in [-0.15, -0.1) is 11.3 Å². The third kappa shape index (κ3) is 2.96. The van der Waals surface area contributed by atoms with Crippen molar-refractivity contribution in [3.05, 3.63) is 39.9 Å². The Balaban J connectivity index is 1.95. The zero-order valence-electron chi connectivity index (χ0n) is 9.92. The number of carboxylic acids is 1. The minimum atomic E-state index is -1.07. The Hall–Kier alpha value is -1.66. The average Bonchev–Trinajstić information content (AvgIpc) is 3.00. The number of aromatic nitrogens is 1. The number of carboxylic acid groups (broad SMARTS) is 1. The average molecular weight is 266 g/mol. The van der Waals surface area contributed by atoms with Gasteiger partial charge in [-0.1, -0.05) is 18.1 Å². The highest BCUT2D eigenvalue weighted by molar-refractivity contribution is 7.10. The second-order valence-corrected chi connectivity index (χ2v) is 4.82. The van der Waals surface area contributed by atoms with Gasteiger partial charge >= 0.3 is 5.97 Å². The molecule has 2 aromatic heterocycles. The zero-order valence-corrected chi connectivity index (χ0v) is 10.7. The Labute approximate surface area is 108 Å². The first-order valence-electron chi connectivity index (χ1n) is 5.66. The molecule has 2 heterocycles. The Morgan fingerprint density at radius 1 is 1.67 bits per heavy atom. The summed E-state index contributed by atoms with van der Waals surface area (Å²) in [6.07, 6.45) is 0.959. The quantitative estimate of drug-likeness (QED) is 0.840. The molecule has 0 spiro atoms. The lowest BCUT2D eigenvalue weighted by Gasteiger charge is -2.13. The number of aromatic carboxylic acids is 1. The summed E-state index contributed by atoms with van der Waals surface area (Å²) in [5, 5.41) is 17.6. The lowest BCUT2D eigenvalue weighted by atomic mass is 10.2. The van der Waals surface area contributed by atoms with Crippen molar-refractivity contribution in [2.45, 2.75) is 25.9 Å². The molecule has 1 atom stereocenters. The van der Waals surface area contributed by atoms with E-state index in [1.165, 1.54) is 10.9 Å². The van der Waals surface area contributed by atoms with E-state index in [1.807, 2.05) is 11.4 Å². The predicted molar refractivity (Wildman–Crippen MR) is 67.7 cm³/mol. The highest BCUT2D eigenvalue weighted by atomic mass is 32.1. The van der Waals surface area contributed by atoms with Crippen molar-refractivity contribution in [2.24, 2.45) is 0 Å². The van der Waals surface area contributed by atoms with Gasteiger partial charge in [0.1, 0.15) is 0 Å². The highest BCUT2D eigenvalue weighted by Crippen LogP contribution is 2.22. The summed E-state index contributed by atoms with van der Waals surface area (Å²) in [5.74, 6) is -0.544. The molecule has 0 aliphatic heterocycles. The van der Waals surface area contributed by atoms with E-state index in [9.17, 15) is 4.79 Å². The van der Waals surface area contributed by atoms with Gasteiger partial charge in [0.2, 0.25) is 0 Å². The molecule has 0 saturated carbocycles. The summed E-state index contributed by atoms with van der Waals surface area (Å²) in [4.78, 5) is 11.9. The van der Waals surface area contributed by atoms with E-state index in [-0.39, 0.29) is 11.7 Å². The number of rotatable bonds is 6. The molecule has 2 rings (SSSR count). The van der Waals surface area contributed by atoms with Crippen LogP contribution >= 0.6 is 11.3 Å². The minimum Gasteiger partial charge on any atom is -0.476 e. The second kappa shape index (κ2) is 5.79. The smallest absolute Gasteiger partial charge is 0.358 e. The third-order valence-electron chi connectivity index (χ3n) is 2.60. The molecule has 0 saturated heterocycles. The van der Waals surface area contributed by atoms with Crippen molar-refractivity contribution in [3.8, 4) is 0 Å². The van der Waals surface area contributed by atoms with Gasteiger partial charge in [0.25, 0.3) is 0 Å². The molecule has 18 heavy (non-hydrogen) atoms. The lowest BCUT2D eigenvalue weighted by Crippen LogP contribution is -2.19. The maximum Gasteiger partial charge on any atom is 0.358 e. The van der Waals surface area contributed by atoms with E-state index in [1.54, 1.807) is 11.3 Å². The second-order valence-electron chi connectivity index (χ2n) is 3.84. The van der Waals surface area contributed by atoms with Gasteiger partial charge in [-0.05, 0) is 17.9 Å². The third-order valence-corrected chi connectivity index (χ3v) is 3.58. The standard InChI is InChI=1S/C12H14N2O3S/c1-2-9(11-4-3-5-18-11)13-7-8-6-10(12(15)16)14-17-8/h3-6,9,13H,2,7H2,1H3,(H,15,16). The number of thiophene rings is 1. The monoisotopic (exact) mass is 266 g/mol. The lowest BCUT2D eigenvalue weighted by molar-refractivity contribution is 0.0685. The van der Waals surface area contributed by atoms with Crippen LogP contribution in [0.2, 0.25) is 0 Å². The summed E-state index contributed by atoms with van der Waals surface area (Å²) >= 11 is 1.70. The number of carbonyl (C=O) groups is 1. The van der Waals surface area contributed by atoms with Gasteiger partial charge < -0.3 is 14.9 Å². The van der Waals surface area contributed by atoms with E-state index in [4.69, 9.17) is 9.63 Å². The molecular formula is C12H14N2O3S. The summed E-state index contributed by atoms with van der Waals surface area (Å²) in [6.45, 7) is 2.57. The van der Waals surface area contributed by atoms with E-state index in [0.717, 1.165) is 6.42 Å². The van der Waals surface area contributed by atoms with Crippen molar-refractivity contribution >= 4 is 17.3 Å². The van der Waals surface area contributed by atoms with E-state index >= 15 is 0 Å². The first-order valence-corrected chi connectivity index (χ1v) is 6.54. The van der Waals surface area contributed by atoms with Crippen molar-refractivity contribution in [1.82, 2.24) is 10.5 Å². The molecule has 0 fully saturated rings. The fourth-order valence-corrected chi connectivity index (χ4v) is 2.54. The highest BCUT2D eigenvalue weighted by Gasteiger charge is 2.13. The molecule has 6 heteroatoms. The van der Waals surface area contributed by atoms with Crippen LogP contribution in [0.5, 0.6) is 0 Å². The van der Waals surface area contributed by atoms with E-state index in [2.05, 4.69) is 23.5 Å². The van der Waals surface area contributed by atoms with Crippen molar-refractivity contribution < 1.29 is 14.4 Å². The van der Waals surface area contributed by atoms with Crippen LogP contribution in [0, 0.1) is 0 Å². The van der Waals surface area contributed by atoms with Gasteiger partial charge in [0, 0.05) is 17.0 Å². The molecule has 5 nitrogen and oxygen atoms in total. The van der Waals surface area contributed by atoms with Crippen molar-refractivity contribution in [2.75, 3.05) is 0 Å². The topological polar surface area (TPSA) is 75.4 Å². The van der Waals surface area contributed by atoms with Gasteiger partial charge in [-0.25, -0.2) is 4.79 Å². The fourth-order valence-electron chi connectivity index (χ4n) is 1.66. The molecule has 0 radical (unpaired) electrons. The number of nitrogens with zero attached hydrogens (tertiary/aromatic N) is 1. The van der Waals surface area contributed by atoms with Crippen molar-refractivity contribution in [1.29, 1.82) is 0 Å². The van der Waals surface area contributed by atoms with Crippen LogP contribution in [-0.4, -0.2) is 16.2 Å². The normalized spacial score (nSPS) is 12.5. The van der Waals surface area contributed by atoms with Crippen LogP contribution in [0.4, 0.5) is 0 Å². The molecule has 1 unspecified atom stereocenters. The summed E-state index contributed by atoms with van der Waals surface area (Å²) in [7, 11) is 0. The molecule has 0 aliphatic rings. The van der Waals surface area contributed by atoms with Gasteiger partial charge in [-0.3, -0.25) is 0 Å².